The van der Waals surface area contributed by atoms with Gasteiger partial charge < -0.3 is 28.1 Å². The second-order valence-corrected chi connectivity index (χ2v) is 1.50. The van der Waals surface area contributed by atoms with Crippen molar-refractivity contribution >= 4 is 90.3 Å². The van der Waals surface area contributed by atoms with Crippen LogP contribution in [0.3, 0.4) is 0 Å². The summed E-state index contributed by atoms with van der Waals surface area (Å²) in [4.78, 5) is 34.1. The minimum absolute atomic E-state index is 0. The van der Waals surface area contributed by atoms with E-state index in [4.69, 9.17) is 28.1 Å². The van der Waals surface area contributed by atoms with Gasteiger partial charge >= 0.3 is 71.9 Å². The van der Waals surface area contributed by atoms with Gasteiger partial charge in [-0.05, 0) is 0 Å². The van der Waals surface area contributed by atoms with Crippen molar-refractivity contribution in [3.63, 3.8) is 0 Å². The summed E-state index contributed by atoms with van der Waals surface area (Å²) in [5, 5.41) is 0. The van der Waals surface area contributed by atoms with Crippen LogP contribution in [0.15, 0.2) is 0 Å². The van der Waals surface area contributed by atoms with Gasteiger partial charge in [-0.3, -0.25) is 0 Å². The molecular formula is BaMgO6Si2. The standard InChI is InChI=1S/Ba.Mg.2O3Si/c;;2*1-4(2)3/q2*+2;2*-2. The average molecular weight is 314 g/mol. The van der Waals surface area contributed by atoms with Crippen molar-refractivity contribution in [2.24, 2.45) is 0 Å². The molecule has 48 valence electrons. The normalized spacial score (nSPS) is 4.80. The zero-order valence-corrected chi connectivity index (χ0v) is 12.7. The first kappa shape index (κ1) is 22.6. The van der Waals surface area contributed by atoms with E-state index in [1.807, 2.05) is 0 Å². The maximum Gasteiger partial charge on any atom is 2.00 e. The van der Waals surface area contributed by atoms with Crippen LogP contribution in [0, 0.1) is 0 Å². The zero-order chi connectivity index (χ0) is 7.15. The van der Waals surface area contributed by atoms with Crippen molar-refractivity contribution in [2.75, 3.05) is 0 Å². The fourth-order valence-electron chi connectivity index (χ4n) is 0. The van der Waals surface area contributed by atoms with Crippen molar-refractivity contribution in [1.29, 1.82) is 0 Å². The molecule has 10 heteroatoms. The summed E-state index contributed by atoms with van der Waals surface area (Å²) in [6.07, 6.45) is 0. The smallest absolute Gasteiger partial charge is 0.672 e. The maximum atomic E-state index is 8.52. The average Bonchev–Trinajstić information content (AvgIpc) is 1.25. The monoisotopic (exact) mass is 314 g/mol. The number of rotatable bonds is 0. The topological polar surface area (TPSA) is 126 Å². The second kappa shape index (κ2) is 16.9. The van der Waals surface area contributed by atoms with Crippen molar-refractivity contribution < 1.29 is 28.1 Å². The first-order valence-electron chi connectivity index (χ1n) is 1.22. The van der Waals surface area contributed by atoms with Gasteiger partial charge in [0.2, 0.25) is 0 Å². The molecule has 0 rings (SSSR count). The molecule has 0 bridgehead atoms. The Bertz CT molecular complexity index is 73.7. The van der Waals surface area contributed by atoms with Crippen LogP contribution in [0.4, 0.5) is 0 Å². The molecule has 0 aliphatic rings. The van der Waals surface area contributed by atoms with Crippen LogP contribution in [0.2, 0.25) is 0 Å². The van der Waals surface area contributed by atoms with E-state index in [1.54, 1.807) is 0 Å². The Balaban J connectivity index is -0.0000000300. The molecule has 0 amide bonds. The summed E-state index contributed by atoms with van der Waals surface area (Å²) in [5.74, 6) is 0. The SMILES string of the molecule is O=[Si]([O-])[O-].O=[Si]([O-])[O-].[Ba+2].[Mg+2]. The molecule has 0 atom stereocenters. The predicted molar refractivity (Wildman–Crippen MR) is 24.4 cm³/mol. The Morgan fingerprint density at radius 3 is 0.800 bits per heavy atom. The van der Waals surface area contributed by atoms with Gasteiger partial charge in [0.25, 0.3) is 0 Å². The summed E-state index contributed by atoms with van der Waals surface area (Å²) in [7, 11) is -7.26. The Morgan fingerprint density at radius 1 is 0.800 bits per heavy atom. The van der Waals surface area contributed by atoms with Gasteiger partial charge in [-0.15, -0.1) is 0 Å². The van der Waals surface area contributed by atoms with Crippen molar-refractivity contribution in [3.8, 4) is 0 Å². The molecule has 0 aliphatic carbocycles. The van der Waals surface area contributed by atoms with E-state index in [0.29, 0.717) is 0 Å². The summed E-state index contributed by atoms with van der Waals surface area (Å²) in [6, 6.07) is 0. The van der Waals surface area contributed by atoms with E-state index < -0.39 is 18.3 Å². The molecule has 0 N–H and O–H groups in total. The third kappa shape index (κ3) is 285. The van der Waals surface area contributed by atoms with E-state index in [9.17, 15) is 0 Å². The number of hydrogen-bond donors (Lipinski definition) is 0. The second-order valence-electron chi connectivity index (χ2n) is 0.500. The fraction of sp³-hybridized carbons (Fsp3) is 0. The third-order valence-electron chi connectivity index (χ3n) is 0. The molecule has 0 aromatic carbocycles. The van der Waals surface area contributed by atoms with Crippen LogP contribution in [-0.2, 0) is 8.92 Å². The summed E-state index contributed by atoms with van der Waals surface area (Å²) < 4.78 is 17.0. The minimum Gasteiger partial charge on any atom is -0.672 e. The predicted octanol–water partition coefficient (Wildman–Crippen LogP) is -6.52. The van der Waals surface area contributed by atoms with Gasteiger partial charge in [-0.25, -0.2) is 0 Å². The molecule has 0 aromatic heterocycles. The van der Waals surface area contributed by atoms with Crippen molar-refractivity contribution in [2.45, 2.75) is 0 Å². The van der Waals surface area contributed by atoms with Crippen molar-refractivity contribution in [1.82, 2.24) is 0 Å². The van der Waals surface area contributed by atoms with Crippen LogP contribution < -0.4 is 19.2 Å². The minimum atomic E-state index is -3.63. The molecule has 0 fully saturated rings. The van der Waals surface area contributed by atoms with Gasteiger partial charge in [0.15, 0.2) is 0 Å². The molecule has 6 nitrogen and oxygen atoms in total. The molecule has 10 heavy (non-hydrogen) atoms. The van der Waals surface area contributed by atoms with Crippen LogP contribution >= 0.6 is 0 Å². The van der Waals surface area contributed by atoms with Crippen LogP contribution in [0.25, 0.3) is 0 Å². The molecule has 0 saturated carbocycles. The van der Waals surface area contributed by atoms with E-state index in [0.717, 1.165) is 0 Å². The first-order valence-corrected chi connectivity index (χ1v) is 3.67. The Morgan fingerprint density at radius 2 is 0.800 bits per heavy atom. The third-order valence-corrected chi connectivity index (χ3v) is 0. The fourth-order valence-corrected chi connectivity index (χ4v) is 0. The van der Waals surface area contributed by atoms with E-state index >= 15 is 0 Å². The molecule has 0 saturated heterocycles. The van der Waals surface area contributed by atoms with Gasteiger partial charge in [0.05, 0.1) is 0 Å². The Labute approximate surface area is 116 Å². The molecular weight excluding hydrogens is 314 g/mol. The largest absolute Gasteiger partial charge is 2.00 e. The van der Waals surface area contributed by atoms with Crippen molar-refractivity contribution in [3.05, 3.63) is 0 Å². The Hall–Kier alpha value is 1.57. The van der Waals surface area contributed by atoms with Crippen LogP contribution in [-0.4, -0.2) is 90.3 Å². The summed E-state index contributed by atoms with van der Waals surface area (Å²) in [6.45, 7) is 0. The summed E-state index contributed by atoms with van der Waals surface area (Å²) >= 11 is 0. The van der Waals surface area contributed by atoms with Gasteiger partial charge in [0.1, 0.15) is 0 Å². The molecule has 0 aromatic rings. The van der Waals surface area contributed by atoms with Gasteiger partial charge in [-0.2, -0.15) is 0 Å². The molecule has 0 unspecified atom stereocenters. The quantitative estimate of drug-likeness (QED) is 0.409. The van der Waals surface area contributed by atoms with Gasteiger partial charge in [-0.1, -0.05) is 0 Å². The van der Waals surface area contributed by atoms with E-state index in [1.165, 1.54) is 0 Å². The van der Waals surface area contributed by atoms with E-state index in [-0.39, 0.29) is 71.9 Å². The molecule has 0 aliphatic heterocycles. The number of hydrogen-bond acceptors (Lipinski definition) is 6. The zero-order valence-electron chi connectivity index (χ0n) is 4.86. The maximum absolute atomic E-state index is 8.52. The van der Waals surface area contributed by atoms with Gasteiger partial charge in [0, 0.05) is 18.3 Å². The molecule has 0 heterocycles. The first-order chi connectivity index (χ1) is 3.46. The summed E-state index contributed by atoms with van der Waals surface area (Å²) in [5.41, 5.74) is 0. The molecule has 0 spiro atoms. The Kier molecular flexibility index (Phi) is 38.1. The van der Waals surface area contributed by atoms with Crippen LogP contribution in [0.1, 0.15) is 0 Å². The van der Waals surface area contributed by atoms with Crippen LogP contribution in [0.5, 0.6) is 0 Å². The van der Waals surface area contributed by atoms with E-state index in [2.05, 4.69) is 0 Å². The molecule has 0 radical (unpaired) electrons.